The third-order valence-corrected chi connectivity index (χ3v) is 3.39. The normalized spacial score (nSPS) is 23.9. The van der Waals surface area contributed by atoms with Crippen molar-refractivity contribution in [2.75, 3.05) is 6.54 Å². The molecule has 1 amide bonds. The molecular formula is C14H25NO3. The average molecular weight is 255 g/mol. The van der Waals surface area contributed by atoms with Crippen LogP contribution in [0.2, 0.25) is 0 Å². The van der Waals surface area contributed by atoms with Crippen LogP contribution in [0.25, 0.3) is 0 Å². The van der Waals surface area contributed by atoms with E-state index in [1.165, 1.54) is 0 Å². The van der Waals surface area contributed by atoms with Crippen molar-refractivity contribution in [2.24, 2.45) is 0 Å². The van der Waals surface area contributed by atoms with Gasteiger partial charge >= 0.3 is 0 Å². The van der Waals surface area contributed by atoms with Crippen LogP contribution in [0.4, 0.5) is 0 Å². The van der Waals surface area contributed by atoms with Gasteiger partial charge in [0.1, 0.15) is 0 Å². The summed E-state index contributed by atoms with van der Waals surface area (Å²) in [5.74, 6) is 0.204. The van der Waals surface area contributed by atoms with Gasteiger partial charge in [0.2, 0.25) is 5.91 Å². The lowest BCUT2D eigenvalue weighted by atomic mass is 10.1. The highest BCUT2D eigenvalue weighted by Gasteiger charge is 2.27. The molecule has 1 aliphatic heterocycles. The Morgan fingerprint density at radius 3 is 2.78 bits per heavy atom. The van der Waals surface area contributed by atoms with E-state index in [1.807, 2.05) is 17.9 Å². The van der Waals surface area contributed by atoms with Gasteiger partial charge in [0.05, 0.1) is 18.2 Å². The molecule has 1 aliphatic rings. The Bertz CT molecular complexity index is 289. The van der Waals surface area contributed by atoms with E-state index in [0.29, 0.717) is 19.3 Å². The first kappa shape index (κ1) is 15.2. The number of carbonyl (C=O) groups excluding carboxylic acids is 1. The van der Waals surface area contributed by atoms with E-state index in [-0.39, 0.29) is 18.1 Å². The molecule has 0 aliphatic carbocycles. The Labute approximate surface area is 109 Å². The molecule has 1 heterocycles. The lowest BCUT2D eigenvalue weighted by molar-refractivity contribution is -0.128. The number of likely N-dealkylation sites (tertiary alicyclic amines) is 1. The lowest BCUT2D eigenvalue weighted by Crippen LogP contribution is -2.31. The van der Waals surface area contributed by atoms with E-state index in [0.717, 1.165) is 19.4 Å². The maximum absolute atomic E-state index is 11.5. The van der Waals surface area contributed by atoms with Crippen molar-refractivity contribution in [3.05, 3.63) is 12.2 Å². The summed E-state index contributed by atoms with van der Waals surface area (Å²) in [5, 5.41) is 18.9. The van der Waals surface area contributed by atoms with Gasteiger partial charge in [-0.2, -0.15) is 0 Å². The fourth-order valence-corrected chi connectivity index (χ4v) is 2.34. The molecule has 0 bridgehead atoms. The number of likely N-dealkylation sites (N-methyl/N-ethyl adjacent to an activating group) is 1. The van der Waals surface area contributed by atoms with E-state index >= 15 is 0 Å². The summed E-state index contributed by atoms with van der Waals surface area (Å²) < 4.78 is 0. The molecule has 1 fully saturated rings. The minimum absolute atomic E-state index is 0.147. The highest BCUT2D eigenvalue weighted by atomic mass is 16.3. The zero-order valence-electron chi connectivity index (χ0n) is 11.4. The predicted octanol–water partition coefficient (Wildman–Crippen LogP) is 1.47. The van der Waals surface area contributed by atoms with Gasteiger partial charge in [-0.25, -0.2) is 0 Å². The Balaban J connectivity index is 2.32. The van der Waals surface area contributed by atoms with Gasteiger partial charge in [0.25, 0.3) is 0 Å². The van der Waals surface area contributed by atoms with Crippen LogP contribution in [-0.4, -0.2) is 45.8 Å². The Kier molecular flexibility index (Phi) is 6.36. The molecule has 3 atom stereocenters. The number of hydrogen-bond acceptors (Lipinski definition) is 3. The Morgan fingerprint density at radius 2 is 2.17 bits per heavy atom. The van der Waals surface area contributed by atoms with Gasteiger partial charge in [-0.05, 0) is 39.5 Å². The first-order valence-corrected chi connectivity index (χ1v) is 6.88. The van der Waals surface area contributed by atoms with Crippen molar-refractivity contribution in [1.29, 1.82) is 0 Å². The van der Waals surface area contributed by atoms with Gasteiger partial charge < -0.3 is 15.1 Å². The Hall–Kier alpha value is -0.870. The molecule has 4 heteroatoms. The standard InChI is InChI=1S/C14H25NO3/c1-3-15-12(8-10-14(15)18)7-9-13(17)6-4-5-11(2)16/h7,9,11-13,16-17H,3-6,8,10H2,1-2H3/b9-7+. The lowest BCUT2D eigenvalue weighted by Gasteiger charge is -2.20. The molecule has 1 rings (SSSR count). The number of aliphatic hydroxyl groups is 2. The average Bonchev–Trinajstić information content (AvgIpc) is 2.66. The van der Waals surface area contributed by atoms with Crippen LogP contribution in [0.1, 0.15) is 46.0 Å². The van der Waals surface area contributed by atoms with E-state index < -0.39 is 6.10 Å². The molecule has 0 radical (unpaired) electrons. The molecule has 0 aromatic rings. The zero-order valence-corrected chi connectivity index (χ0v) is 11.4. The maximum atomic E-state index is 11.5. The fraction of sp³-hybridized carbons (Fsp3) is 0.786. The quantitative estimate of drug-likeness (QED) is 0.677. The van der Waals surface area contributed by atoms with Crippen molar-refractivity contribution < 1.29 is 15.0 Å². The van der Waals surface area contributed by atoms with Crippen LogP contribution < -0.4 is 0 Å². The molecule has 0 saturated carbocycles. The van der Waals surface area contributed by atoms with Crippen LogP contribution in [-0.2, 0) is 4.79 Å². The van der Waals surface area contributed by atoms with Gasteiger partial charge in [-0.3, -0.25) is 4.79 Å². The molecule has 18 heavy (non-hydrogen) atoms. The molecule has 2 N–H and O–H groups in total. The van der Waals surface area contributed by atoms with Crippen LogP contribution in [0, 0.1) is 0 Å². The first-order valence-electron chi connectivity index (χ1n) is 6.88. The summed E-state index contributed by atoms with van der Waals surface area (Å²) in [6, 6.07) is 0.147. The molecule has 0 aromatic heterocycles. The predicted molar refractivity (Wildman–Crippen MR) is 71.1 cm³/mol. The van der Waals surface area contributed by atoms with Crippen LogP contribution in [0.3, 0.4) is 0 Å². The second kappa shape index (κ2) is 7.54. The van der Waals surface area contributed by atoms with E-state index in [9.17, 15) is 9.90 Å². The third kappa shape index (κ3) is 4.78. The van der Waals surface area contributed by atoms with Crippen molar-refractivity contribution in [3.63, 3.8) is 0 Å². The van der Waals surface area contributed by atoms with Crippen molar-refractivity contribution in [3.8, 4) is 0 Å². The smallest absolute Gasteiger partial charge is 0.223 e. The van der Waals surface area contributed by atoms with Gasteiger partial charge in [0.15, 0.2) is 0 Å². The number of rotatable bonds is 7. The minimum atomic E-state index is -0.474. The fourth-order valence-electron chi connectivity index (χ4n) is 2.34. The topological polar surface area (TPSA) is 60.8 Å². The monoisotopic (exact) mass is 255 g/mol. The van der Waals surface area contributed by atoms with Crippen LogP contribution >= 0.6 is 0 Å². The van der Waals surface area contributed by atoms with E-state index in [1.54, 1.807) is 13.0 Å². The zero-order chi connectivity index (χ0) is 13.5. The highest BCUT2D eigenvalue weighted by molar-refractivity contribution is 5.79. The second-order valence-electron chi connectivity index (χ2n) is 5.02. The molecule has 0 spiro atoms. The summed E-state index contributed by atoms with van der Waals surface area (Å²) >= 11 is 0. The number of amides is 1. The summed E-state index contributed by atoms with van der Waals surface area (Å²) in [5.41, 5.74) is 0. The van der Waals surface area contributed by atoms with E-state index in [4.69, 9.17) is 5.11 Å². The summed E-state index contributed by atoms with van der Waals surface area (Å²) in [6.07, 6.45) is 6.61. The van der Waals surface area contributed by atoms with Crippen LogP contribution in [0.15, 0.2) is 12.2 Å². The largest absolute Gasteiger partial charge is 0.393 e. The van der Waals surface area contributed by atoms with Gasteiger partial charge in [0, 0.05) is 13.0 Å². The first-order chi connectivity index (χ1) is 8.54. The summed E-state index contributed by atoms with van der Waals surface area (Å²) in [6.45, 7) is 4.46. The molecule has 4 nitrogen and oxygen atoms in total. The SMILES string of the molecule is CCN1C(=O)CCC1/C=C/C(O)CCCC(C)O. The molecule has 104 valence electrons. The molecule has 3 unspecified atom stereocenters. The number of hydrogen-bond donors (Lipinski definition) is 2. The number of aliphatic hydroxyl groups excluding tert-OH is 2. The molecular weight excluding hydrogens is 230 g/mol. The maximum Gasteiger partial charge on any atom is 0.223 e. The summed E-state index contributed by atoms with van der Waals surface area (Å²) in [7, 11) is 0. The minimum Gasteiger partial charge on any atom is -0.393 e. The number of nitrogens with zero attached hydrogens (tertiary/aromatic N) is 1. The van der Waals surface area contributed by atoms with Gasteiger partial charge in [-0.1, -0.05) is 12.2 Å². The van der Waals surface area contributed by atoms with E-state index in [2.05, 4.69) is 0 Å². The highest BCUT2D eigenvalue weighted by Crippen LogP contribution is 2.19. The molecule has 0 aromatic carbocycles. The Morgan fingerprint density at radius 1 is 1.44 bits per heavy atom. The van der Waals surface area contributed by atoms with Crippen molar-refractivity contribution >= 4 is 5.91 Å². The third-order valence-electron chi connectivity index (χ3n) is 3.39. The van der Waals surface area contributed by atoms with Gasteiger partial charge in [-0.15, -0.1) is 0 Å². The van der Waals surface area contributed by atoms with Crippen molar-refractivity contribution in [1.82, 2.24) is 4.90 Å². The number of carbonyl (C=O) groups is 1. The van der Waals surface area contributed by atoms with Crippen LogP contribution in [0.5, 0.6) is 0 Å². The molecule has 1 saturated heterocycles. The van der Waals surface area contributed by atoms with Crippen molar-refractivity contribution in [2.45, 2.75) is 64.2 Å². The second-order valence-corrected chi connectivity index (χ2v) is 5.02. The summed E-state index contributed by atoms with van der Waals surface area (Å²) in [4.78, 5) is 13.4.